The van der Waals surface area contributed by atoms with Crippen molar-refractivity contribution in [2.75, 3.05) is 25.6 Å². The highest BCUT2D eigenvalue weighted by molar-refractivity contribution is 5.89. The van der Waals surface area contributed by atoms with Crippen molar-refractivity contribution in [3.63, 3.8) is 0 Å². The summed E-state index contributed by atoms with van der Waals surface area (Å²) in [5.41, 5.74) is 7.64. The van der Waals surface area contributed by atoms with Gasteiger partial charge in [0.2, 0.25) is 0 Å². The van der Waals surface area contributed by atoms with Crippen molar-refractivity contribution >= 4 is 11.7 Å². The third-order valence-corrected chi connectivity index (χ3v) is 3.72. The van der Waals surface area contributed by atoms with Crippen LogP contribution in [0.1, 0.15) is 31.4 Å². The molecule has 1 unspecified atom stereocenters. The number of rotatable bonds is 3. The lowest BCUT2D eigenvalue weighted by atomic mass is 10.1. The summed E-state index contributed by atoms with van der Waals surface area (Å²) in [4.78, 5) is 14.0. The fourth-order valence-electron chi connectivity index (χ4n) is 2.35. The third-order valence-electron chi connectivity index (χ3n) is 3.72. The van der Waals surface area contributed by atoms with Gasteiger partial charge in [-0.05, 0) is 37.5 Å². The molecule has 3 N–H and O–H groups in total. The molecule has 1 aliphatic rings. The maximum Gasteiger partial charge on any atom is 0.321 e. The Kier molecular flexibility index (Phi) is 4.98. The quantitative estimate of drug-likeness (QED) is 0.891. The summed E-state index contributed by atoms with van der Waals surface area (Å²) < 4.78 is 5.32. The lowest BCUT2D eigenvalue weighted by Gasteiger charge is -2.31. The summed E-state index contributed by atoms with van der Waals surface area (Å²) in [6, 6.07) is 7.78. The molecule has 20 heavy (non-hydrogen) atoms. The Hall–Kier alpha value is -1.59. The van der Waals surface area contributed by atoms with E-state index in [4.69, 9.17) is 10.5 Å². The molecule has 2 rings (SSSR count). The third kappa shape index (κ3) is 3.71. The van der Waals surface area contributed by atoms with Gasteiger partial charge in [-0.15, -0.1) is 0 Å². The zero-order valence-corrected chi connectivity index (χ0v) is 12.1. The number of ether oxygens (including phenoxy) is 1. The molecular formula is C15H23N3O2. The number of urea groups is 1. The zero-order chi connectivity index (χ0) is 14.5. The van der Waals surface area contributed by atoms with Gasteiger partial charge in [-0.1, -0.05) is 12.1 Å². The lowest BCUT2D eigenvalue weighted by Crippen LogP contribution is -2.42. The molecule has 2 amide bonds. The van der Waals surface area contributed by atoms with Gasteiger partial charge in [0.25, 0.3) is 0 Å². The van der Waals surface area contributed by atoms with Crippen LogP contribution in [0.15, 0.2) is 24.3 Å². The van der Waals surface area contributed by atoms with Crippen LogP contribution < -0.4 is 11.1 Å². The van der Waals surface area contributed by atoms with Crippen LogP contribution in [-0.4, -0.2) is 37.2 Å². The molecule has 0 radical (unpaired) electrons. The van der Waals surface area contributed by atoms with Crippen molar-refractivity contribution in [2.24, 2.45) is 5.73 Å². The van der Waals surface area contributed by atoms with Crippen molar-refractivity contribution in [3.8, 4) is 0 Å². The molecule has 1 aromatic rings. The molecule has 1 aliphatic heterocycles. The van der Waals surface area contributed by atoms with Crippen molar-refractivity contribution < 1.29 is 9.53 Å². The Bertz CT molecular complexity index is 456. The molecule has 5 nitrogen and oxygen atoms in total. The highest BCUT2D eigenvalue weighted by atomic mass is 16.5. The van der Waals surface area contributed by atoms with Crippen molar-refractivity contribution in [2.45, 2.75) is 31.8 Å². The van der Waals surface area contributed by atoms with E-state index in [9.17, 15) is 4.79 Å². The number of anilines is 1. The van der Waals surface area contributed by atoms with Gasteiger partial charge in [0, 0.05) is 38.0 Å². The van der Waals surface area contributed by atoms with E-state index < -0.39 is 0 Å². The van der Waals surface area contributed by atoms with Crippen LogP contribution >= 0.6 is 0 Å². The van der Waals surface area contributed by atoms with E-state index in [1.807, 2.05) is 38.2 Å². The summed E-state index contributed by atoms with van der Waals surface area (Å²) in [5.74, 6) is 0. The van der Waals surface area contributed by atoms with Gasteiger partial charge in [0.1, 0.15) is 0 Å². The van der Waals surface area contributed by atoms with Gasteiger partial charge in [0.05, 0.1) is 0 Å². The van der Waals surface area contributed by atoms with Crippen molar-refractivity contribution in [1.82, 2.24) is 4.90 Å². The number of nitrogens with two attached hydrogens (primary N) is 1. The van der Waals surface area contributed by atoms with Gasteiger partial charge in [0.15, 0.2) is 0 Å². The zero-order valence-electron chi connectivity index (χ0n) is 12.1. The minimum absolute atomic E-state index is 0.0416. The molecule has 0 saturated carbocycles. The minimum atomic E-state index is -0.0845. The van der Waals surface area contributed by atoms with Crippen molar-refractivity contribution in [1.29, 1.82) is 0 Å². The van der Waals surface area contributed by atoms with Gasteiger partial charge in [-0.25, -0.2) is 4.79 Å². The van der Waals surface area contributed by atoms with E-state index >= 15 is 0 Å². The second-order valence-electron chi connectivity index (χ2n) is 5.30. The monoisotopic (exact) mass is 277 g/mol. The Labute approximate surface area is 120 Å². The van der Waals surface area contributed by atoms with Gasteiger partial charge < -0.3 is 20.7 Å². The van der Waals surface area contributed by atoms with E-state index in [1.54, 1.807) is 4.90 Å². The Morgan fingerprint density at radius 2 is 2.15 bits per heavy atom. The first kappa shape index (κ1) is 14.8. The highest BCUT2D eigenvalue weighted by Gasteiger charge is 2.22. The number of nitrogens with zero attached hydrogens (tertiary/aromatic N) is 1. The highest BCUT2D eigenvalue weighted by Crippen LogP contribution is 2.18. The predicted octanol–water partition coefficient (Wildman–Crippen LogP) is 2.35. The molecule has 0 aliphatic carbocycles. The van der Waals surface area contributed by atoms with Crippen LogP contribution in [0.5, 0.6) is 0 Å². The van der Waals surface area contributed by atoms with E-state index in [2.05, 4.69) is 5.32 Å². The first-order valence-corrected chi connectivity index (χ1v) is 7.05. The smallest absolute Gasteiger partial charge is 0.321 e. The second kappa shape index (κ2) is 6.72. The fourth-order valence-corrected chi connectivity index (χ4v) is 2.35. The summed E-state index contributed by atoms with van der Waals surface area (Å²) in [7, 11) is 1.83. The first-order chi connectivity index (χ1) is 9.58. The summed E-state index contributed by atoms with van der Waals surface area (Å²) in [6.07, 6.45) is 1.79. The summed E-state index contributed by atoms with van der Waals surface area (Å²) in [6.45, 7) is 3.38. The standard InChI is InChI=1S/C15H23N3O2/c1-11(16)12-4-3-5-13(10-12)17-15(19)18(2)14-6-8-20-9-7-14/h3-5,10-11,14H,6-9,16H2,1-2H3,(H,17,19). The first-order valence-electron chi connectivity index (χ1n) is 7.05. The number of benzene rings is 1. The maximum absolute atomic E-state index is 12.2. The molecule has 110 valence electrons. The molecular weight excluding hydrogens is 254 g/mol. The summed E-state index contributed by atoms with van der Waals surface area (Å²) >= 11 is 0. The van der Waals surface area contributed by atoms with Crippen LogP contribution in [0.2, 0.25) is 0 Å². The molecule has 1 aromatic carbocycles. The average Bonchev–Trinajstić information content (AvgIpc) is 2.47. The SMILES string of the molecule is CC(N)c1cccc(NC(=O)N(C)C2CCOCC2)c1. The van der Waals surface area contributed by atoms with Crippen LogP contribution in [0.3, 0.4) is 0 Å². The van der Waals surface area contributed by atoms with Crippen LogP contribution in [0.25, 0.3) is 0 Å². The van der Waals surface area contributed by atoms with Crippen LogP contribution in [-0.2, 0) is 4.74 Å². The fraction of sp³-hybridized carbons (Fsp3) is 0.533. The largest absolute Gasteiger partial charge is 0.381 e. The van der Waals surface area contributed by atoms with Gasteiger partial charge in [-0.2, -0.15) is 0 Å². The molecule has 1 heterocycles. The molecule has 0 aromatic heterocycles. The number of amides is 2. The molecule has 0 spiro atoms. The molecule has 5 heteroatoms. The number of carbonyl (C=O) groups is 1. The van der Waals surface area contributed by atoms with Crippen molar-refractivity contribution in [3.05, 3.63) is 29.8 Å². The number of nitrogens with one attached hydrogen (secondary N) is 1. The lowest BCUT2D eigenvalue weighted by molar-refractivity contribution is 0.0544. The van der Waals surface area contributed by atoms with Crippen LogP contribution in [0.4, 0.5) is 10.5 Å². The molecule has 1 saturated heterocycles. The Morgan fingerprint density at radius 1 is 1.45 bits per heavy atom. The molecule has 1 atom stereocenters. The number of carbonyl (C=O) groups excluding carboxylic acids is 1. The van der Waals surface area contributed by atoms with E-state index in [0.29, 0.717) is 0 Å². The normalized spacial score (nSPS) is 17.6. The molecule has 0 bridgehead atoms. The second-order valence-corrected chi connectivity index (χ2v) is 5.30. The number of hydrogen-bond donors (Lipinski definition) is 2. The summed E-state index contributed by atoms with van der Waals surface area (Å²) in [5, 5.41) is 2.92. The van der Waals surface area contributed by atoms with E-state index in [1.165, 1.54) is 0 Å². The Balaban J connectivity index is 1.98. The maximum atomic E-state index is 12.2. The average molecular weight is 277 g/mol. The molecule has 1 fully saturated rings. The number of hydrogen-bond acceptors (Lipinski definition) is 3. The topological polar surface area (TPSA) is 67.6 Å². The van der Waals surface area contributed by atoms with Gasteiger partial charge >= 0.3 is 6.03 Å². The van der Waals surface area contributed by atoms with Crippen LogP contribution in [0, 0.1) is 0 Å². The predicted molar refractivity (Wildman–Crippen MR) is 79.7 cm³/mol. The minimum Gasteiger partial charge on any atom is -0.381 e. The van der Waals surface area contributed by atoms with Gasteiger partial charge in [-0.3, -0.25) is 0 Å². The van der Waals surface area contributed by atoms with E-state index in [0.717, 1.165) is 37.3 Å². The van der Waals surface area contributed by atoms with E-state index in [-0.39, 0.29) is 18.1 Å². The Morgan fingerprint density at radius 3 is 2.80 bits per heavy atom.